The van der Waals surface area contributed by atoms with E-state index in [4.69, 9.17) is 28.2 Å². The molecule has 7 heteroatoms. The van der Waals surface area contributed by atoms with Gasteiger partial charge in [0.05, 0.1) is 6.04 Å². The number of hydrazine groups is 1. The Morgan fingerprint density at radius 2 is 1.52 bits per heavy atom. The standard InChI is InChI=1S/C22H18Cl2FN3.ClH/c23-18-5-1-3-16(11-18)21-22(17-4-2-6-19(24)12-17)28(14-26-21)27-13-15-7-9-20(25)10-8-15;/h1-12,14,21-22,27H,13H2;1H. The summed E-state index contributed by atoms with van der Waals surface area (Å²) in [5, 5.41) is 3.32. The van der Waals surface area contributed by atoms with Gasteiger partial charge in [-0.15, -0.1) is 12.4 Å². The van der Waals surface area contributed by atoms with Gasteiger partial charge in [0.2, 0.25) is 0 Å². The highest BCUT2D eigenvalue weighted by Crippen LogP contribution is 2.40. The Morgan fingerprint density at radius 1 is 0.897 bits per heavy atom. The molecule has 0 fully saturated rings. The summed E-state index contributed by atoms with van der Waals surface area (Å²) < 4.78 is 13.1. The van der Waals surface area contributed by atoms with Crippen LogP contribution in [-0.2, 0) is 6.54 Å². The molecule has 2 unspecified atom stereocenters. The summed E-state index contributed by atoms with van der Waals surface area (Å²) >= 11 is 12.4. The highest BCUT2D eigenvalue weighted by Gasteiger charge is 2.33. The molecule has 3 aromatic carbocycles. The Hall–Kier alpha value is -2.11. The lowest BCUT2D eigenvalue weighted by Crippen LogP contribution is -2.38. The summed E-state index contributed by atoms with van der Waals surface area (Å²) in [6, 6.07) is 21.7. The minimum atomic E-state index is -0.246. The van der Waals surface area contributed by atoms with Crippen LogP contribution in [0.5, 0.6) is 0 Å². The molecule has 0 amide bonds. The van der Waals surface area contributed by atoms with Crippen molar-refractivity contribution in [1.82, 2.24) is 10.4 Å². The van der Waals surface area contributed by atoms with Gasteiger partial charge < -0.3 is 0 Å². The number of hydrogen-bond acceptors (Lipinski definition) is 3. The smallest absolute Gasteiger partial charge is 0.123 e. The van der Waals surface area contributed by atoms with Gasteiger partial charge in [0.25, 0.3) is 0 Å². The van der Waals surface area contributed by atoms with E-state index in [2.05, 4.69) is 5.43 Å². The van der Waals surface area contributed by atoms with Gasteiger partial charge in [-0.25, -0.2) is 9.82 Å². The topological polar surface area (TPSA) is 27.6 Å². The molecule has 0 aliphatic carbocycles. The second-order valence-electron chi connectivity index (χ2n) is 6.63. The van der Waals surface area contributed by atoms with Crippen LogP contribution in [0.2, 0.25) is 10.0 Å². The van der Waals surface area contributed by atoms with Crippen LogP contribution in [0.1, 0.15) is 28.8 Å². The number of nitrogens with one attached hydrogen (secondary N) is 1. The van der Waals surface area contributed by atoms with Crippen molar-refractivity contribution in [3.05, 3.63) is 105 Å². The Kier molecular flexibility index (Phi) is 7.14. The van der Waals surface area contributed by atoms with E-state index < -0.39 is 0 Å². The molecule has 3 aromatic rings. The van der Waals surface area contributed by atoms with Gasteiger partial charge in [0.1, 0.15) is 18.2 Å². The fraction of sp³-hybridized carbons (Fsp3) is 0.136. The molecule has 0 saturated carbocycles. The van der Waals surface area contributed by atoms with E-state index >= 15 is 0 Å². The Balaban J connectivity index is 0.00000240. The molecule has 1 aliphatic rings. The van der Waals surface area contributed by atoms with Gasteiger partial charge in [-0.1, -0.05) is 59.6 Å². The van der Waals surface area contributed by atoms with Crippen LogP contribution in [0.15, 0.2) is 77.8 Å². The lowest BCUT2D eigenvalue weighted by molar-refractivity contribution is 0.232. The minimum absolute atomic E-state index is 0. The van der Waals surface area contributed by atoms with Crippen molar-refractivity contribution < 1.29 is 4.39 Å². The summed E-state index contributed by atoms with van der Waals surface area (Å²) in [4.78, 5) is 4.72. The summed E-state index contributed by atoms with van der Waals surface area (Å²) in [6.07, 6.45) is 1.79. The van der Waals surface area contributed by atoms with Crippen LogP contribution < -0.4 is 5.43 Å². The molecule has 0 saturated heterocycles. The minimum Gasteiger partial charge on any atom is -0.288 e. The normalized spacial score (nSPS) is 18.0. The van der Waals surface area contributed by atoms with Gasteiger partial charge >= 0.3 is 0 Å². The highest BCUT2D eigenvalue weighted by atomic mass is 35.5. The Labute approximate surface area is 185 Å². The van der Waals surface area contributed by atoms with E-state index in [0.29, 0.717) is 16.6 Å². The fourth-order valence-corrected chi connectivity index (χ4v) is 3.76. The van der Waals surface area contributed by atoms with Crippen LogP contribution >= 0.6 is 35.6 Å². The number of halogens is 4. The van der Waals surface area contributed by atoms with E-state index in [0.717, 1.165) is 16.7 Å². The third kappa shape index (κ3) is 5.09. The predicted molar refractivity (Wildman–Crippen MR) is 119 cm³/mol. The van der Waals surface area contributed by atoms with Gasteiger partial charge in [-0.05, 0) is 53.1 Å². The Morgan fingerprint density at radius 3 is 2.17 bits per heavy atom. The molecule has 0 aromatic heterocycles. The van der Waals surface area contributed by atoms with Crippen molar-refractivity contribution in [3.8, 4) is 0 Å². The third-order valence-corrected chi connectivity index (χ3v) is 5.18. The molecular weight excluding hydrogens is 432 g/mol. The largest absolute Gasteiger partial charge is 0.288 e. The average molecular weight is 451 g/mol. The molecule has 4 rings (SSSR count). The van der Waals surface area contributed by atoms with E-state index in [1.807, 2.05) is 53.5 Å². The average Bonchev–Trinajstić information content (AvgIpc) is 3.11. The summed E-state index contributed by atoms with van der Waals surface area (Å²) in [5.41, 5.74) is 6.43. The molecule has 3 nitrogen and oxygen atoms in total. The van der Waals surface area contributed by atoms with E-state index in [9.17, 15) is 4.39 Å². The van der Waals surface area contributed by atoms with Crippen LogP contribution in [0.25, 0.3) is 0 Å². The molecule has 0 spiro atoms. The molecular formula is C22H19Cl3FN3. The molecule has 150 valence electrons. The molecule has 0 radical (unpaired) electrons. The third-order valence-electron chi connectivity index (χ3n) is 4.71. The molecule has 1 heterocycles. The first kappa shape index (κ1) is 21.6. The summed E-state index contributed by atoms with van der Waals surface area (Å²) in [6.45, 7) is 0.547. The van der Waals surface area contributed by atoms with Crippen LogP contribution in [0.3, 0.4) is 0 Å². The molecule has 0 bridgehead atoms. The van der Waals surface area contributed by atoms with Crippen molar-refractivity contribution in [2.45, 2.75) is 18.6 Å². The molecule has 29 heavy (non-hydrogen) atoms. The fourth-order valence-electron chi connectivity index (χ4n) is 3.37. The maximum absolute atomic E-state index is 13.1. The van der Waals surface area contributed by atoms with E-state index in [1.54, 1.807) is 18.5 Å². The zero-order valence-corrected chi connectivity index (χ0v) is 17.6. The van der Waals surface area contributed by atoms with Crippen LogP contribution in [0, 0.1) is 5.82 Å². The monoisotopic (exact) mass is 449 g/mol. The first-order valence-electron chi connectivity index (χ1n) is 8.91. The molecule has 1 N–H and O–H groups in total. The zero-order valence-electron chi connectivity index (χ0n) is 15.3. The van der Waals surface area contributed by atoms with Crippen molar-refractivity contribution in [1.29, 1.82) is 0 Å². The van der Waals surface area contributed by atoms with E-state index in [1.165, 1.54) is 12.1 Å². The first-order valence-corrected chi connectivity index (χ1v) is 9.66. The van der Waals surface area contributed by atoms with Gasteiger partial charge in [-0.3, -0.25) is 10.0 Å². The van der Waals surface area contributed by atoms with Crippen molar-refractivity contribution in [2.24, 2.45) is 4.99 Å². The quantitative estimate of drug-likeness (QED) is 0.488. The van der Waals surface area contributed by atoms with Crippen molar-refractivity contribution >= 4 is 41.9 Å². The summed E-state index contributed by atoms with van der Waals surface area (Å²) in [5.74, 6) is -0.246. The first-order chi connectivity index (χ1) is 13.6. The number of aliphatic imine (C=N–C) groups is 1. The van der Waals surface area contributed by atoms with Gasteiger partial charge in [0, 0.05) is 16.6 Å². The predicted octanol–water partition coefficient (Wildman–Crippen LogP) is 6.39. The second-order valence-corrected chi connectivity index (χ2v) is 7.51. The van der Waals surface area contributed by atoms with Crippen LogP contribution in [-0.4, -0.2) is 11.3 Å². The number of nitrogens with zero attached hydrogens (tertiary/aromatic N) is 2. The highest BCUT2D eigenvalue weighted by molar-refractivity contribution is 6.30. The number of rotatable bonds is 5. The van der Waals surface area contributed by atoms with Gasteiger partial charge in [-0.2, -0.15) is 0 Å². The molecule has 1 aliphatic heterocycles. The van der Waals surface area contributed by atoms with E-state index in [-0.39, 0.29) is 30.3 Å². The van der Waals surface area contributed by atoms with Crippen molar-refractivity contribution in [3.63, 3.8) is 0 Å². The lowest BCUT2D eigenvalue weighted by atomic mass is 9.94. The zero-order chi connectivity index (χ0) is 19.5. The number of hydrogen-bond donors (Lipinski definition) is 1. The Bertz CT molecular complexity index is 995. The van der Waals surface area contributed by atoms with Gasteiger partial charge in [0.15, 0.2) is 0 Å². The second kappa shape index (κ2) is 9.59. The van der Waals surface area contributed by atoms with Crippen molar-refractivity contribution in [2.75, 3.05) is 0 Å². The maximum atomic E-state index is 13.1. The maximum Gasteiger partial charge on any atom is 0.123 e. The number of benzene rings is 3. The summed E-state index contributed by atoms with van der Waals surface area (Å²) in [7, 11) is 0. The van der Waals surface area contributed by atoms with Crippen LogP contribution in [0.4, 0.5) is 4.39 Å². The molecule has 2 atom stereocenters. The SMILES string of the molecule is Cl.Fc1ccc(CNN2C=NC(c3cccc(Cl)c3)C2c2cccc(Cl)c2)cc1. The lowest BCUT2D eigenvalue weighted by Gasteiger charge is -2.29.